The maximum atomic E-state index is 11.8. The van der Waals surface area contributed by atoms with Crippen molar-refractivity contribution in [3.63, 3.8) is 0 Å². The molecular weight excluding hydrogens is 365 g/mol. The highest BCUT2D eigenvalue weighted by Crippen LogP contribution is 2.25. The topological polar surface area (TPSA) is 64.6 Å². The zero-order valence-corrected chi connectivity index (χ0v) is 14.8. The van der Waals surface area contributed by atoms with E-state index in [1.54, 1.807) is 30.3 Å². The van der Waals surface area contributed by atoms with Crippen molar-refractivity contribution in [2.45, 2.75) is 0 Å². The molecule has 130 valence electrons. The quantitative estimate of drug-likeness (QED) is 0.603. The fraction of sp³-hybridized carbons (Fsp3) is 0.111. The standard InChI is InChI=1S/C18H15Cl2NO4/c1-24-16-5-3-2-4-12(16)6-9-18(23)25-11-17(22)21-15-10-13(19)7-8-14(15)20/h2-10H,11H2,1H3,(H,21,22)/b9-6+. The SMILES string of the molecule is COc1ccccc1/C=C/C(=O)OCC(=O)Nc1cc(Cl)ccc1Cl. The summed E-state index contributed by atoms with van der Waals surface area (Å²) in [5.74, 6) is -0.554. The molecule has 2 aromatic carbocycles. The van der Waals surface area contributed by atoms with Crippen LogP contribution in [0.25, 0.3) is 6.08 Å². The fourth-order valence-corrected chi connectivity index (χ4v) is 2.26. The van der Waals surface area contributed by atoms with Crippen molar-refractivity contribution >= 4 is 46.8 Å². The Labute approximate surface area is 155 Å². The molecule has 0 saturated heterocycles. The van der Waals surface area contributed by atoms with Crippen molar-refractivity contribution in [2.24, 2.45) is 0 Å². The number of ether oxygens (including phenoxy) is 2. The third-order valence-electron chi connectivity index (χ3n) is 3.09. The molecule has 5 nitrogen and oxygen atoms in total. The van der Waals surface area contributed by atoms with Gasteiger partial charge in [0.25, 0.3) is 5.91 Å². The summed E-state index contributed by atoms with van der Waals surface area (Å²) >= 11 is 11.8. The van der Waals surface area contributed by atoms with E-state index in [1.165, 1.54) is 19.3 Å². The molecule has 0 heterocycles. The molecule has 2 rings (SSSR count). The maximum Gasteiger partial charge on any atom is 0.331 e. The highest BCUT2D eigenvalue weighted by Gasteiger charge is 2.09. The van der Waals surface area contributed by atoms with E-state index in [4.69, 9.17) is 32.7 Å². The van der Waals surface area contributed by atoms with Gasteiger partial charge in [-0.2, -0.15) is 0 Å². The monoisotopic (exact) mass is 379 g/mol. The van der Waals surface area contributed by atoms with Crippen LogP contribution in [0.4, 0.5) is 5.69 Å². The van der Waals surface area contributed by atoms with Crippen LogP contribution in [0.1, 0.15) is 5.56 Å². The van der Waals surface area contributed by atoms with Crippen molar-refractivity contribution in [1.29, 1.82) is 0 Å². The third kappa shape index (κ3) is 5.81. The van der Waals surface area contributed by atoms with Gasteiger partial charge < -0.3 is 14.8 Å². The molecule has 0 radical (unpaired) electrons. The first-order valence-corrected chi connectivity index (χ1v) is 7.98. The Balaban J connectivity index is 1.88. The molecule has 0 saturated carbocycles. The second-order valence-corrected chi connectivity index (χ2v) is 5.70. The van der Waals surface area contributed by atoms with E-state index >= 15 is 0 Å². The fourth-order valence-electron chi connectivity index (χ4n) is 1.93. The van der Waals surface area contributed by atoms with Gasteiger partial charge in [-0.3, -0.25) is 4.79 Å². The summed E-state index contributed by atoms with van der Waals surface area (Å²) in [6, 6.07) is 11.9. The number of amides is 1. The van der Waals surface area contributed by atoms with Gasteiger partial charge in [0.1, 0.15) is 5.75 Å². The van der Waals surface area contributed by atoms with Crippen LogP contribution in [-0.4, -0.2) is 25.6 Å². The molecule has 0 bridgehead atoms. The van der Waals surface area contributed by atoms with Crippen molar-refractivity contribution in [3.05, 3.63) is 64.1 Å². The van der Waals surface area contributed by atoms with Crippen LogP contribution < -0.4 is 10.1 Å². The predicted octanol–water partition coefficient (Wildman–Crippen LogP) is 4.20. The smallest absolute Gasteiger partial charge is 0.331 e. The lowest BCUT2D eigenvalue weighted by Gasteiger charge is -2.07. The third-order valence-corrected chi connectivity index (χ3v) is 3.65. The number of carbonyl (C=O) groups is 2. The minimum Gasteiger partial charge on any atom is -0.496 e. The lowest BCUT2D eigenvalue weighted by molar-refractivity contribution is -0.142. The number of nitrogens with one attached hydrogen (secondary N) is 1. The van der Waals surface area contributed by atoms with Crippen molar-refractivity contribution in [2.75, 3.05) is 19.0 Å². The van der Waals surface area contributed by atoms with Gasteiger partial charge in [-0.05, 0) is 30.3 Å². The molecule has 25 heavy (non-hydrogen) atoms. The number of carbonyl (C=O) groups excluding carboxylic acids is 2. The molecule has 0 aliphatic rings. The summed E-state index contributed by atoms with van der Waals surface area (Å²) in [5.41, 5.74) is 1.07. The highest BCUT2D eigenvalue weighted by molar-refractivity contribution is 6.35. The van der Waals surface area contributed by atoms with Gasteiger partial charge in [-0.1, -0.05) is 41.4 Å². The molecule has 7 heteroatoms. The van der Waals surface area contributed by atoms with Crippen LogP contribution in [-0.2, 0) is 14.3 Å². The van der Waals surface area contributed by atoms with E-state index < -0.39 is 18.5 Å². The number of para-hydroxylation sites is 1. The van der Waals surface area contributed by atoms with Gasteiger partial charge in [0.05, 0.1) is 17.8 Å². The molecule has 0 aliphatic carbocycles. The zero-order valence-electron chi connectivity index (χ0n) is 13.3. The normalized spacial score (nSPS) is 10.5. The Bertz CT molecular complexity index is 805. The van der Waals surface area contributed by atoms with Crippen molar-refractivity contribution < 1.29 is 19.1 Å². The lowest BCUT2D eigenvalue weighted by Crippen LogP contribution is -2.20. The first-order chi connectivity index (χ1) is 12.0. The second-order valence-electron chi connectivity index (χ2n) is 4.86. The van der Waals surface area contributed by atoms with Gasteiger partial charge in [0.2, 0.25) is 0 Å². The number of anilines is 1. The summed E-state index contributed by atoms with van der Waals surface area (Å²) in [4.78, 5) is 23.5. The highest BCUT2D eigenvalue weighted by atomic mass is 35.5. The molecular formula is C18H15Cl2NO4. The van der Waals surface area contributed by atoms with Gasteiger partial charge >= 0.3 is 5.97 Å². The van der Waals surface area contributed by atoms with Crippen LogP contribution in [0.15, 0.2) is 48.5 Å². The number of methoxy groups -OCH3 is 1. The predicted molar refractivity (Wildman–Crippen MR) is 98.1 cm³/mol. The lowest BCUT2D eigenvalue weighted by atomic mass is 10.2. The van der Waals surface area contributed by atoms with Crippen molar-refractivity contribution in [3.8, 4) is 5.75 Å². The Morgan fingerprint density at radius 3 is 2.68 bits per heavy atom. The summed E-state index contributed by atoms with van der Waals surface area (Å²) in [6.07, 6.45) is 2.77. The summed E-state index contributed by atoms with van der Waals surface area (Å²) in [5, 5.41) is 3.28. The van der Waals surface area contributed by atoms with E-state index in [2.05, 4.69) is 5.32 Å². The molecule has 0 unspecified atom stereocenters. The Morgan fingerprint density at radius 1 is 1.16 bits per heavy atom. The zero-order chi connectivity index (χ0) is 18.2. The first-order valence-electron chi connectivity index (χ1n) is 7.22. The molecule has 0 atom stereocenters. The maximum absolute atomic E-state index is 11.8. The summed E-state index contributed by atoms with van der Waals surface area (Å²) in [7, 11) is 1.54. The minimum atomic E-state index is -0.654. The Kier molecular flexibility index (Phi) is 6.86. The van der Waals surface area contributed by atoms with E-state index in [0.717, 1.165) is 5.56 Å². The number of esters is 1. The number of hydrogen-bond acceptors (Lipinski definition) is 4. The van der Waals surface area contributed by atoms with Gasteiger partial charge in [-0.15, -0.1) is 0 Å². The van der Waals surface area contributed by atoms with E-state index in [-0.39, 0.29) is 0 Å². The van der Waals surface area contributed by atoms with E-state index in [9.17, 15) is 9.59 Å². The molecule has 2 aromatic rings. The van der Waals surface area contributed by atoms with E-state index in [1.807, 2.05) is 12.1 Å². The molecule has 1 N–H and O–H groups in total. The summed E-state index contributed by atoms with van der Waals surface area (Å²) in [6.45, 7) is -0.446. The Morgan fingerprint density at radius 2 is 1.92 bits per heavy atom. The van der Waals surface area contributed by atoms with Crippen molar-refractivity contribution in [1.82, 2.24) is 0 Å². The average molecular weight is 380 g/mol. The van der Waals surface area contributed by atoms with Crippen LogP contribution >= 0.6 is 23.2 Å². The number of benzene rings is 2. The molecule has 0 aromatic heterocycles. The largest absolute Gasteiger partial charge is 0.496 e. The number of rotatable bonds is 6. The molecule has 0 spiro atoms. The van der Waals surface area contributed by atoms with Crippen LogP contribution in [0, 0.1) is 0 Å². The van der Waals surface area contributed by atoms with Gasteiger partial charge in [-0.25, -0.2) is 4.79 Å². The number of halogens is 2. The van der Waals surface area contributed by atoms with Gasteiger partial charge in [0.15, 0.2) is 6.61 Å². The molecule has 0 fully saturated rings. The Hall–Kier alpha value is -2.50. The first kappa shape index (κ1) is 18.8. The number of hydrogen-bond donors (Lipinski definition) is 1. The van der Waals surface area contributed by atoms with E-state index in [0.29, 0.717) is 21.5 Å². The minimum absolute atomic E-state index is 0.333. The second kappa shape index (κ2) is 9.11. The molecule has 0 aliphatic heterocycles. The average Bonchev–Trinajstić information content (AvgIpc) is 2.61. The molecule has 1 amide bonds. The van der Waals surface area contributed by atoms with Crippen LogP contribution in [0.2, 0.25) is 10.0 Å². The van der Waals surface area contributed by atoms with Crippen LogP contribution in [0.5, 0.6) is 5.75 Å². The summed E-state index contributed by atoms with van der Waals surface area (Å²) < 4.78 is 10.1. The van der Waals surface area contributed by atoms with Crippen LogP contribution in [0.3, 0.4) is 0 Å². The van der Waals surface area contributed by atoms with Gasteiger partial charge in [0, 0.05) is 16.7 Å².